The minimum absolute atomic E-state index is 0.0190. The van der Waals surface area contributed by atoms with Crippen LogP contribution in [0.4, 0.5) is 5.69 Å². The highest BCUT2D eigenvalue weighted by Gasteiger charge is 2.21. The molecule has 166 valence electrons. The summed E-state index contributed by atoms with van der Waals surface area (Å²) < 4.78 is 1.75. The van der Waals surface area contributed by atoms with E-state index in [-0.39, 0.29) is 30.1 Å². The number of nitro benzene ring substituents is 1. The number of nitrogens with one attached hydrogen (secondary N) is 1. The molecule has 1 fully saturated rings. The predicted octanol–water partition coefficient (Wildman–Crippen LogP) is 2.70. The van der Waals surface area contributed by atoms with Gasteiger partial charge in [-0.05, 0) is 29.9 Å². The van der Waals surface area contributed by atoms with Crippen molar-refractivity contribution in [1.29, 1.82) is 0 Å². The number of non-ortho nitro benzene ring substituents is 1. The number of aromatic nitrogens is 2. The molecule has 0 bridgehead atoms. The Morgan fingerprint density at radius 1 is 1.09 bits per heavy atom. The molecular formula is C22H23N5O4S. The zero-order valence-corrected chi connectivity index (χ0v) is 18.2. The second-order valence-corrected chi connectivity index (χ2v) is 8.15. The molecule has 1 aromatic heterocycles. The summed E-state index contributed by atoms with van der Waals surface area (Å²) in [5, 5.41) is 11.5. The van der Waals surface area contributed by atoms with E-state index in [0.29, 0.717) is 48.4 Å². The van der Waals surface area contributed by atoms with E-state index < -0.39 is 4.92 Å². The maximum Gasteiger partial charge on any atom is 0.269 e. The second kappa shape index (κ2) is 9.41. The molecule has 3 aromatic rings. The second-order valence-electron chi connectivity index (χ2n) is 7.77. The van der Waals surface area contributed by atoms with Crippen LogP contribution in [-0.2, 0) is 17.9 Å². The van der Waals surface area contributed by atoms with Crippen LogP contribution < -0.4 is 5.56 Å². The molecule has 0 saturated carbocycles. The van der Waals surface area contributed by atoms with E-state index >= 15 is 0 Å². The number of carbonyl (C=O) groups is 1. The average molecular weight is 454 g/mol. The van der Waals surface area contributed by atoms with E-state index in [1.165, 1.54) is 10.6 Å². The van der Waals surface area contributed by atoms with Gasteiger partial charge in [0.15, 0.2) is 4.77 Å². The Morgan fingerprint density at radius 3 is 2.59 bits per heavy atom. The van der Waals surface area contributed by atoms with Crippen LogP contribution in [-0.4, -0.2) is 56.4 Å². The first kappa shape index (κ1) is 21.8. The number of hydrogen-bond donors (Lipinski definition) is 1. The van der Waals surface area contributed by atoms with Gasteiger partial charge in [0.1, 0.15) is 0 Å². The minimum atomic E-state index is -0.396. The number of fused-ring (bicyclic) bond motifs is 1. The zero-order valence-electron chi connectivity index (χ0n) is 17.4. The van der Waals surface area contributed by atoms with Crippen molar-refractivity contribution in [3.05, 3.63) is 79.3 Å². The predicted molar refractivity (Wildman–Crippen MR) is 123 cm³/mol. The molecule has 1 aliphatic heterocycles. The molecule has 1 N–H and O–H groups in total. The van der Waals surface area contributed by atoms with Crippen LogP contribution in [0.1, 0.15) is 12.0 Å². The third-order valence-electron chi connectivity index (χ3n) is 5.69. The van der Waals surface area contributed by atoms with Crippen LogP contribution in [0.2, 0.25) is 0 Å². The van der Waals surface area contributed by atoms with Crippen LogP contribution in [0.15, 0.2) is 53.3 Å². The first-order chi connectivity index (χ1) is 15.4. The molecule has 0 aliphatic carbocycles. The summed E-state index contributed by atoms with van der Waals surface area (Å²) in [4.78, 5) is 43.0. The Kier molecular flexibility index (Phi) is 6.42. The van der Waals surface area contributed by atoms with Gasteiger partial charge in [-0.15, -0.1) is 0 Å². The Morgan fingerprint density at radius 2 is 1.84 bits per heavy atom. The lowest BCUT2D eigenvalue weighted by Crippen LogP contribution is -2.48. The fourth-order valence-corrected chi connectivity index (χ4v) is 4.23. The Balaban J connectivity index is 1.33. The van der Waals surface area contributed by atoms with E-state index in [0.717, 1.165) is 5.56 Å². The van der Waals surface area contributed by atoms with E-state index in [9.17, 15) is 19.7 Å². The Bertz CT molecular complexity index is 1280. The van der Waals surface area contributed by atoms with Crippen molar-refractivity contribution >= 4 is 34.7 Å². The molecule has 0 spiro atoms. The summed E-state index contributed by atoms with van der Waals surface area (Å²) in [6.45, 7) is 3.35. The molecule has 2 heterocycles. The van der Waals surface area contributed by atoms with Gasteiger partial charge in [-0.25, -0.2) is 0 Å². The molecule has 1 aliphatic rings. The number of rotatable bonds is 6. The van der Waals surface area contributed by atoms with Crippen molar-refractivity contribution in [2.24, 2.45) is 0 Å². The van der Waals surface area contributed by atoms with Gasteiger partial charge in [0.05, 0.1) is 15.8 Å². The van der Waals surface area contributed by atoms with E-state index in [4.69, 9.17) is 12.2 Å². The fourth-order valence-electron chi connectivity index (χ4n) is 3.95. The summed E-state index contributed by atoms with van der Waals surface area (Å²) in [7, 11) is 0. The third-order valence-corrected chi connectivity index (χ3v) is 6.01. The van der Waals surface area contributed by atoms with Gasteiger partial charge in [0, 0.05) is 57.8 Å². The monoisotopic (exact) mass is 453 g/mol. The van der Waals surface area contributed by atoms with Gasteiger partial charge in [0.25, 0.3) is 11.2 Å². The largest absolute Gasteiger partial charge is 0.340 e. The number of nitro groups is 1. The van der Waals surface area contributed by atoms with Crippen LogP contribution >= 0.6 is 12.2 Å². The van der Waals surface area contributed by atoms with Gasteiger partial charge in [-0.3, -0.25) is 29.2 Å². The molecule has 0 atom stereocenters. The summed E-state index contributed by atoms with van der Waals surface area (Å²) >= 11 is 5.31. The number of aromatic amines is 1. The number of para-hydroxylation sites is 1. The number of piperazine rings is 1. The molecule has 1 saturated heterocycles. The summed E-state index contributed by atoms with van der Waals surface area (Å²) in [5.41, 5.74) is 1.45. The third kappa shape index (κ3) is 4.76. The zero-order chi connectivity index (χ0) is 22.7. The number of nitrogens with zero attached hydrogens (tertiary/aromatic N) is 4. The fraction of sp³-hybridized carbons (Fsp3) is 0.318. The van der Waals surface area contributed by atoms with Gasteiger partial charge >= 0.3 is 0 Å². The molecule has 0 radical (unpaired) electrons. The van der Waals surface area contributed by atoms with E-state index in [1.807, 2.05) is 12.1 Å². The lowest BCUT2D eigenvalue weighted by atomic mass is 10.1. The van der Waals surface area contributed by atoms with Gasteiger partial charge in [-0.1, -0.05) is 24.3 Å². The highest BCUT2D eigenvalue weighted by Crippen LogP contribution is 2.16. The Labute approximate surface area is 189 Å². The normalized spacial score (nSPS) is 14.6. The SMILES string of the molecule is O=C(CCn1c(=S)[nH]c2ccccc2c1=O)N1CCN(Cc2cccc([N+](=O)[O-])c2)CC1. The molecule has 2 aromatic carbocycles. The van der Waals surface area contributed by atoms with Crippen molar-refractivity contribution in [3.63, 3.8) is 0 Å². The van der Waals surface area contributed by atoms with Crippen LogP contribution in [0, 0.1) is 14.9 Å². The number of amides is 1. The maximum absolute atomic E-state index is 12.7. The molecule has 0 unspecified atom stereocenters. The van der Waals surface area contributed by atoms with Gasteiger partial charge < -0.3 is 9.88 Å². The first-order valence-electron chi connectivity index (χ1n) is 10.4. The smallest absolute Gasteiger partial charge is 0.269 e. The van der Waals surface area contributed by atoms with Crippen LogP contribution in [0.25, 0.3) is 10.9 Å². The quantitative estimate of drug-likeness (QED) is 0.350. The number of carbonyl (C=O) groups excluding carboxylic acids is 1. The number of H-pyrrole nitrogens is 1. The summed E-state index contributed by atoms with van der Waals surface area (Å²) in [6.07, 6.45) is 0.195. The minimum Gasteiger partial charge on any atom is -0.340 e. The molecule has 1 amide bonds. The lowest BCUT2D eigenvalue weighted by Gasteiger charge is -2.34. The molecule has 9 nitrogen and oxygen atoms in total. The van der Waals surface area contributed by atoms with E-state index in [1.54, 1.807) is 35.2 Å². The average Bonchev–Trinajstić information content (AvgIpc) is 2.79. The molecule has 32 heavy (non-hydrogen) atoms. The molecule has 4 rings (SSSR count). The van der Waals surface area contributed by atoms with Crippen LogP contribution in [0.5, 0.6) is 0 Å². The highest BCUT2D eigenvalue weighted by molar-refractivity contribution is 7.71. The Hall–Kier alpha value is -3.37. The van der Waals surface area contributed by atoms with E-state index in [2.05, 4.69) is 9.88 Å². The summed E-state index contributed by atoms with van der Waals surface area (Å²) in [6, 6.07) is 13.8. The van der Waals surface area contributed by atoms with Crippen molar-refractivity contribution in [2.45, 2.75) is 19.5 Å². The van der Waals surface area contributed by atoms with Crippen LogP contribution in [0.3, 0.4) is 0 Å². The van der Waals surface area contributed by atoms with Gasteiger partial charge in [0.2, 0.25) is 5.91 Å². The van der Waals surface area contributed by atoms with Gasteiger partial charge in [-0.2, -0.15) is 0 Å². The number of benzene rings is 2. The lowest BCUT2D eigenvalue weighted by molar-refractivity contribution is -0.384. The molecular weight excluding hydrogens is 430 g/mol. The maximum atomic E-state index is 12.7. The first-order valence-corrected chi connectivity index (χ1v) is 10.8. The van der Waals surface area contributed by atoms with Crippen molar-refractivity contribution in [3.8, 4) is 0 Å². The molecule has 10 heteroatoms. The highest BCUT2D eigenvalue weighted by atomic mass is 32.1. The summed E-state index contributed by atoms with van der Waals surface area (Å²) in [5.74, 6) is -0.0190. The van der Waals surface area contributed by atoms with Crippen molar-refractivity contribution in [1.82, 2.24) is 19.4 Å². The topological polar surface area (TPSA) is 104 Å². The standard InChI is InChI=1S/C22H23N5O4S/c28-20(8-9-26-21(29)18-6-1-2-7-19(18)23-22(26)32)25-12-10-24(11-13-25)15-16-4-3-5-17(14-16)27(30)31/h1-7,14H,8-13,15H2,(H,23,32). The van der Waals surface area contributed by atoms with Crippen molar-refractivity contribution < 1.29 is 9.72 Å². The number of hydrogen-bond acceptors (Lipinski definition) is 6. The van der Waals surface area contributed by atoms with Crippen molar-refractivity contribution in [2.75, 3.05) is 26.2 Å².